The zero-order valence-corrected chi connectivity index (χ0v) is 17.0. The van der Waals surface area contributed by atoms with Crippen molar-refractivity contribution >= 4 is 33.6 Å². The number of hydrogen-bond acceptors (Lipinski definition) is 5. The number of nitrogens with one attached hydrogen (secondary N) is 1. The van der Waals surface area contributed by atoms with Crippen LogP contribution in [-0.4, -0.2) is 65.8 Å². The van der Waals surface area contributed by atoms with Crippen molar-refractivity contribution in [3.05, 3.63) is 29.3 Å². The van der Waals surface area contributed by atoms with Gasteiger partial charge in [0.15, 0.2) is 5.78 Å². The molecule has 6 heteroatoms. The quantitative estimate of drug-likeness (QED) is 0.630. The van der Waals surface area contributed by atoms with E-state index in [2.05, 4.69) is 10.2 Å². The molecule has 1 N–H and O–H groups in total. The molecular formula is C20H27N2O2S2+. The van der Waals surface area contributed by atoms with Gasteiger partial charge in [-0.25, -0.2) is 4.79 Å². The topological polar surface area (TPSA) is 49.4 Å². The summed E-state index contributed by atoms with van der Waals surface area (Å²) in [6.07, 6.45) is 4.99. The van der Waals surface area contributed by atoms with Crippen molar-refractivity contribution in [2.45, 2.75) is 36.1 Å². The van der Waals surface area contributed by atoms with Gasteiger partial charge in [0.25, 0.3) is 0 Å². The van der Waals surface area contributed by atoms with Crippen LogP contribution < -0.4 is 5.32 Å². The van der Waals surface area contributed by atoms with Crippen LogP contribution in [0.25, 0.3) is 0 Å². The van der Waals surface area contributed by atoms with E-state index >= 15 is 0 Å². The van der Waals surface area contributed by atoms with E-state index in [0.29, 0.717) is 17.6 Å². The van der Waals surface area contributed by atoms with Crippen LogP contribution in [-0.2, 0) is 15.7 Å². The summed E-state index contributed by atoms with van der Waals surface area (Å²) >= 11 is 1.64. The summed E-state index contributed by atoms with van der Waals surface area (Å²) in [5.74, 6) is 1.81. The molecule has 1 aromatic carbocycles. The molecular weight excluding hydrogens is 364 g/mol. The second-order valence-electron chi connectivity index (χ2n) is 7.47. The van der Waals surface area contributed by atoms with Crippen molar-refractivity contribution < 1.29 is 9.59 Å². The number of carbonyl (C=O) groups is 2. The lowest BCUT2D eigenvalue weighted by molar-refractivity contribution is -0.112. The molecule has 2 aliphatic heterocycles. The van der Waals surface area contributed by atoms with E-state index in [-0.39, 0.29) is 22.6 Å². The number of nitrogens with zero attached hydrogens (tertiary/aromatic N) is 1. The van der Waals surface area contributed by atoms with Gasteiger partial charge in [0, 0.05) is 30.0 Å². The summed E-state index contributed by atoms with van der Waals surface area (Å²) in [6.45, 7) is 4.38. The third-order valence-corrected chi connectivity index (χ3v) is 8.84. The first-order valence-electron chi connectivity index (χ1n) is 9.54. The van der Waals surface area contributed by atoms with Crippen molar-refractivity contribution in [1.82, 2.24) is 10.2 Å². The minimum Gasteiger partial charge on any atom is -0.304 e. The van der Waals surface area contributed by atoms with Crippen LogP contribution in [0.2, 0.25) is 0 Å². The average molecular weight is 392 g/mol. The number of thioether (sulfide) groups is 1. The third-order valence-electron chi connectivity index (χ3n) is 5.76. The van der Waals surface area contributed by atoms with E-state index in [1.54, 1.807) is 11.8 Å². The van der Waals surface area contributed by atoms with Gasteiger partial charge in [-0.1, -0.05) is 6.07 Å². The Morgan fingerprint density at radius 1 is 1.35 bits per heavy atom. The number of ketones is 1. The maximum absolute atomic E-state index is 13.3. The summed E-state index contributed by atoms with van der Waals surface area (Å²) in [5.41, 5.74) is 1.75. The Hall–Kier alpha value is -0.820. The molecule has 0 radical (unpaired) electrons. The normalized spacial score (nSPS) is 29.1. The number of likely N-dealkylation sites (tertiary alicyclic amines) is 1. The largest absolute Gasteiger partial charge is 0.339 e. The van der Waals surface area contributed by atoms with E-state index < -0.39 is 0 Å². The van der Waals surface area contributed by atoms with Crippen LogP contribution in [0.5, 0.6) is 0 Å². The third kappa shape index (κ3) is 3.75. The molecule has 1 aromatic rings. The SMILES string of the molecule is CSc1ccc2c(c1)C(=O)CC2C(=O)[S+]1CCNC(CN2CCCC2)C1. The lowest BCUT2D eigenvalue weighted by Gasteiger charge is -2.27. The minimum absolute atomic E-state index is 0.140. The zero-order chi connectivity index (χ0) is 18.1. The smallest absolute Gasteiger partial charge is 0.304 e. The molecule has 140 valence electrons. The summed E-state index contributed by atoms with van der Waals surface area (Å²) in [5, 5.41) is 3.93. The fourth-order valence-corrected chi connectivity index (χ4v) is 7.03. The van der Waals surface area contributed by atoms with E-state index in [9.17, 15) is 9.59 Å². The highest BCUT2D eigenvalue weighted by Gasteiger charge is 2.45. The van der Waals surface area contributed by atoms with Crippen LogP contribution >= 0.6 is 11.8 Å². The summed E-state index contributed by atoms with van der Waals surface area (Å²) < 4.78 is 0. The van der Waals surface area contributed by atoms with Gasteiger partial charge in [0.1, 0.15) is 17.4 Å². The van der Waals surface area contributed by atoms with Crippen molar-refractivity contribution in [2.75, 3.05) is 43.9 Å². The lowest BCUT2D eigenvalue weighted by atomic mass is 10.0. The number of rotatable bonds is 4. The number of benzene rings is 1. The summed E-state index contributed by atoms with van der Waals surface area (Å²) in [7, 11) is -0.224. The van der Waals surface area contributed by atoms with Crippen LogP contribution in [0.1, 0.15) is 41.1 Å². The Labute approximate surface area is 162 Å². The minimum atomic E-state index is -0.224. The van der Waals surface area contributed by atoms with Crippen molar-refractivity contribution in [3.63, 3.8) is 0 Å². The molecule has 2 fully saturated rings. The van der Waals surface area contributed by atoms with Crippen molar-refractivity contribution in [2.24, 2.45) is 0 Å². The molecule has 4 rings (SSSR count). The lowest BCUT2D eigenvalue weighted by Crippen LogP contribution is -2.52. The van der Waals surface area contributed by atoms with Crippen molar-refractivity contribution in [3.8, 4) is 0 Å². The van der Waals surface area contributed by atoms with Gasteiger partial charge in [-0.05, 0) is 49.9 Å². The molecule has 0 aromatic heterocycles. The van der Waals surface area contributed by atoms with Crippen LogP contribution in [0.3, 0.4) is 0 Å². The van der Waals surface area contributed by atoms with E-state index in [0.717, 1.165) is 40.6 Å². The Morgan fingerprint density at radius 2 is 2.15 bits per heavy atom. The molecule has 0 bridgehead atoms. The van der Waals surface area contributed by atoms with Gasteiger partial charge in [0.05, 0.1) is 16.9 Å². The first kappa shape index (κ1) is 18.5. The van der Waals surface area contributed by atoms with Gasteiger partial charge in [-0.3, -0.25) is 4.79 Å². The molecule has 0 amide bonds. The Balaban J connectivity index is 1.45. The fourth-order valence-electron chi connectivity index (χ4n) is 4.37. The fraction of sp³-hybridized carbons (Fsp3) is 0.600. The predicted octanol–water partition coefficient (Wildman–Crippen LogP) is 2.29. The predicted molar refractivity (Wildman–Crippen MR) is 109 cm³/mol. The highest BCUT2D eigenvalue weighted by atomic mass is 32.2. The number of carbonyl (C=O) groups excluding carboxylic acids is 2. The van der Waals surface area contributed by atoms with Gasteiger partial charge in [-0.2, -0.15) is 0 Å². The highest BCUT2D eigenvalue weighted by molar-refractivity contribution is 8.11. The summed E-state index contributed by atoms with van der Waals surface area (Å²) in [6, 6.07) is 6.45. The number of fused-ring (bicyclic) bond motifs is 1. The van der Waals surface area contributed by atoms with Gasteiger partial charge < -0.3 is 10.2 Å². The van der Waals surface area contributed by atoms with Gasteiger partial charge in [-0.15, -0.1) is 11.8 Å². The Morgan fingerprint density at radius 3 is 2.92 bits per heavy atom. The Kier molecular flexibility index (Phi) is 5.74. The van der Waals surface area contributed by atoms with E-state index in [4.69, 9.17) is 0 Å². The summed E-state index contributed by atoms with van der Waals surface area (Å²) in [4.78, 5) is 29.3. The standard InChI is InChI=1S/C20H27N2O2S2/c1-25-15-4-5-16-17(10-15)19(23)11-18(16)20(24)26-9-6-21-14(13-26)12-22-7-2-3-8-22/h4-5,10,14,18,21H,2-3,6-9,11-13H2,1H3/q+1. The first-order valence-corrected chi connectivity index (χ1v) is 12.3. The molecule has 4 nitrogen and oxygen atoms in total. The highest BCUT2D eigenvalue weighted by Crippen LogP contribution is 2.37. The molecule has 3 unspecified atom stereocenters. The number of hydrogen-bond donors (Lipinski definition) is 1. The maximum atomic E-state index is 13.3. The molecule has 26 heavy (non-hydrogen) atoms. The second-order valence-corrected chi connectivity index (χ2v) is 10.5. The average Bonchev–Trinajstić information content (AvgIpc) is 3.29. The van der Waals surface area contributed by atoms with E-state index in [1.807, 2.05) is 24.5 Å². The van der Waals surface area contributed by atoms with Crippen LogP contribution in [0.15, 0.2) is 23.1 Å². The van der Waals surface area contributed by atoms with Crippen molar-refractivity contribution in [1.29, 1.82) is 0 Å². The molecule has 3 atom stereocenters. The zero-order valence-electron chi connectivity index (χ0n) is 15.3. The molecule has 3 aliphatic rings. The van der Waals surface area contributed by atoms with Gasteiger partial charge in [0.2, 0.25) is 0 Å². The molecule has 2 saturated heterocycles. The van der Waals surface area contributed by atoms with Crippen LogP contribution in [0.4, 0.5) is 0 Å². The van der Waals surface area contributed by atoms with Crippen LogP contribution in [0, 0.1) is 0 Å². The first-order chi connectivity index (χ1) is 12.7. The molecule has 0 spiro atoms. The second kappa shape index (κ2) is 8.05. The molecule has 1 aliphatic carbocycles. The number of Topliss-reactive ketones (excluding diaryl/α,β-unsaturated/α-hetero) is 1. The maximum Gasteiger partial charge on any atom is 0.339 e. The Bertz CT molecular complexity index is 703. The molecule has 2 heterocycles. The monoisotopic (exact) mass is 391 g/mol. The van der Waals surface area contributed by atoms with Gasteiger partial charge >= 0.3 is 5.12 Å². The molecule has 0 saturated carbocycles. The van der Waals surface area contributed by atoms with E-state index in [1.165, 1.54) is 25.9 Å².